The Labute approximate surface area is 153 Å². The lowest BCUT2D eigenvalue weighted by atomic mass is 10.1. The average Bonchev–Trinajstić information content (AvgIpc) is 2.61. The van der Waals surface area contributed by atoms with Crippen molar-refractivity contribution >= 4 is 23.8 Å². The summed E-state index contributed by atoms with van der Waals surface area (Å²) in [6.45, 7) is 0.343. The van der Waals surface area contributed by atoms with Crippen LogP contribution in [0.1, 0.15) is 11.1 Å². The highest BCUT2D eigenvalue weighted by atomic mass is 35.5. The zero-order valence-electron chi connectivity index (χ0n) is 12.9. The Kier molecular flexibility index (Phi) is 4.98. The van der Waals surface area contributed by atoms with Gasteiger partial charge in [-0.2, -0.15) is 5.26 Å². The molecule has 2 aromatic carbocycles. The molecule has 0 bridgehead atoms. The van der Waals surface area contributed by atoms with E-state index in [-0.39, 0.29) is 10.3 Å². The Balaban J connectivity index is 1.84. The van der Waals surface area contributed by atoms with Crippen LogP contribution in [0.5, 0.6) is 5.75 Å². The van der Waals surface area contributed by atoms with Crippen molar-refractivity contribution in [2.75, 3.05) is 0 Å². The molecule has 5 nitrogen and oxygen atoms in total. The molecule has 0 aliphatic heterocycles. The van der Waals surface area contributed by atoms with Crippen LogP contribution in [0.15, 0.2) is 53.3 Å². The molecule has 0 saturated carbocycles. The van der Waals surface area contributed by atoms with Crippen LogP contribution in [-0.4, -0.2) is 9.97 Å². The van der Waals surface area contributed by atoms with Gasteiger partial charge in [-0.05, 0) is 48.1 Å². The van der Waals surface area contributed by atoms with Gasteiger partial charge in [-0.1, -0.05) is 29.8 Å². The van der Waals surface area contributed by atoms with Crippen molar-refractivity contribution in [1.29, 1.82) is 5.26 Å². The molecule has 124 valence electrons. The van der Waals surface area contributed by atoms with Crippen molar-refractivity contribution in [3.63, 3.8) is 0 Å². The fraction of sp³-hybridized carbons (Fsp3) is 0.0556. The summed E-state index contributed by atoms with van der Waals surface area (Å²) in [5.74, 6) is 0.644. The lowest BCUT2D eigenvalue weighted by Crippen LogP contribution is -2.13. The molecule has 25 heavy (non-hydrogen) atoms. The van der Waals surface area contributed by atoms with E-state index in [0.717, 1.165) is 5.56 Å². The molecular formula is C18H12ClN3O2S. The fourth-order valence-corrected chi connectivity index (χ4v) is 2.69. The van der Waals surface area contributed by atoms with E-state index >= 15 is 0 Å². The monoisotopic (exact) mass is 369 g/mol. The lowest BCUT2D eigenvalue weighted by Gasteiger charge is -2.09. The molecule has 0 aliphatic carbocycles. The summed E-state index contributed by atoms with van der Waals surface area (Å²) >= 11 is 11.1. The number of hydrogen-bond acceptors (Lipinski definition) is 4. The largest absolute Gasteiger partial charge is 0.489 e. The Morgan fingerprint density at radius 3 is 2.52 bits per heavy atom. The van der Waals surface area contributed by atoms with Crippen LogP contribution in [0.4, 0.5) is 0 Å². The number of nitrogens with one attached hydrogen (secondary N) is 2. The van der Waals surface area contributed by atoms with Crippen LogP contribution in [0.3, 0.4) is 0 Å². The van der Waals surface area contributed by atoms with Crippen molar-refractivity contribution in [1.82, 2.24) is 9.97 Å². The molecule has 3 aromatic rings. The van der Waals surface area contributed by atoms with Gasteiger partial charge in [0.2, 0.25) is 0 Å². The van der Waals surface area contributed by atoms with Gasteiger partial charge in [-0.15, -0.1) is 0 Å². The molecular weight excluding hydrogens is 358 g/mol. The van der Waals surface area contributed by atoms with Gasteiger partial charge in [0, 0.05) is 10.6 Å². The Hall–Kier alpha value is -2.88. The lowest BCUT2D eigenvalue weighted by molar-refractivity contribution is 0.306. The first-order chi connectivity index (χ1) is 12.1. The quantitative estimate of drug-likeness (QED) is 0.675. The van der Waals surface area contributed by atoms with Gasteiger partial charge in [0.15, 0.2) is 4.77 Å². The van der Waals surface area contributed by atoms with Gasteiger partial charge in [-0.3, -0.25) is 9.78 Å². The SMILES string of the molecule is N#Cc1c(-c2ccc(OCc3ccccc3Cl)cc2)[nH]c(=S)[nH]c1=O. The zero-order valence-corrected chi connectivity index (χ0v) is 14.4. The van der Waals surface area contributed by atoms with E-state index < -0.39 is 5.56 Å². The van der Waals surface area contributed by atoms with Crippen molar-refractivity contribution in [3.05, 3.63) is 79.8 Å². The number of nitriles is 1. The van der Waals surface area contributed by atoms with Crippen molar-refractivity contribution in [2.45, 2.75) is 6.61 Å². The third-order valence-corrected chi connectivity index (χ3v) is 4.12. The maximum Gasteiger partial charge on any atom is 0.270 e. The normalized spacial score (nSPS) is 10.2. The number of aromatic amines is 2. The highest BCUT2D eigenvalue weighted by Crippen LogP contribution is 2.23. The van der Waals surface area contributed by atoms with E-state index in [1.165, 1.54) is 0 Å². The van der Waals surface area contributed by atoms with Crippen molar-refractivity contribution in [3.8, 4) is 23.1 Å². The van der Waals surface area contributed by atoms with Gasteiger partial charge >= 0.3 is 0 Å². The van der Waals surface area contributed by atoms with Gasteiger partial charge in [0.1, 0.15) is 24.0 Å². The van der Waals surface area contributed by atoms with Crippen molar-refractivity contribution in [2.24, 2.45) is 0 Å². The number of aromatic nitrogens is 2. The molecule has 1 heterocycles. The van der Waals surface area contributed by atoms with Gasteiger partial charge in [-0.25, -0.2) is 0 Å². The Morgan fingerprint density at radius 2 is 1.84 bits per heavy atom. The first kappa shape index (κ1) is 17.0. The first-order valence-electron chi connectivity index (χ1n) is 7.32. The summed E-state index contributed by atoms with van der Waals surface area (Å²) in [5, 5.41) is 9.83. The molecule has 7 heteroatoms. The summed E-state index contributed by atoms with van der Waals surface area (Å²) in [6.07, 6.45) is 0. The van der Waals surface area contributed by atoms with Gasteiger partial charge < -0.3 is 9.72 Å². The van der Waals surface area contributed by atoms with Crippen molar-refractivity contribution < 1.29 is 4.74 Å². The van der Waals surface area contributed by atoms with Crippen LogP contribution in [0.2, 0.25) is 5.02 Å². The molecule has 1 aromatic heterocycles. The molecule has 3 rings (SSSR count). The molecule has 0 amide bonds. The second kappa shape index (κ2) is 7.34. The Morgan fingerprint density at radius 1 is 1.12 bits per heavy atom. The number of ether oxygens (including phenoxy) is 1. The summed E-state index contributed by atoms with van der Waals surface area (Å²) in [5.41, 5.74) is 1.41. The van der Waals surface area contributed by atoms with Crippen LogP contribution in [0.25, 0.3) is 11.3 Å². The highest BCUT2D eigenvalue weighted by Gasteiger charge is 2.10. The number of nitrogens with zero attached hydrogens (tertiary/aromatic N) is 1. The zero-order chi connectivity index (χ0) is 17.8. The number of halogens is 1. The maximum absolute atomic E-state index is 11.8. The summed E-state index contributed by atoms with van der Waals surface area (Å²) in [6, 6.07) is 16.4. The minimum Gasteiger partial charge on any atom is -0.489 e. The molecule has 0 unspecified atom stereocenters. The van der Waals surface area contributed by atoms with Crippen LogP contribution < -0.4 is 10.3 Å². The molecule has 0 atom stereocenters. The second-order valence-corrected chi connectivity index (χ2v) is 5.99. The number of H-pyrrole nitrogens is 2. The highest BCUT2D eigenvalue weighted by molar-refractivity contribution is 7.71. The predicted molar refractivity (Wildman–Crippen MR) is 98.2 cm³/mol. The van der Waals surface area contributed by atoms with E-state index in [1.807, 2.05) is 30.3 Å². The Bertz CT molecular complexity index is 1070. The number of hydrogen-bond donors (Lipinski definition) is 2. The summed E-state index contributed by atoms with van der Waals surface area (Å²) in [4.78, 5) is 17.1. The van der Waals surface area contributed by atoms with Crippen LogP contribution >= 0.6 is 23.8 Å². The topological polar surface area (TPSA) is 81.7 Å². The van der Waals surface area contributed by atoms with E-state index in [2.05, 4.69) is 9.97 Å². The minimum atomic E-state index is -0.514. The summed E-state index contributed by atoms with van der Waals surface area (Å²) < 4.78 is 5.88. The molecule has 0 aliphatic rings. The third-order valence-electron chi connectivity index (χ3n) is 3.55. The number of benzene rings is 2. The molecule has 0 saturated heterocycles. The maximum atomic E-state index is 11.8. The van der Waals surface area contributed by atoms with Crippen LogP contribution in [-0.2, 0) is 6.61 Å². The van der Waals surface area contributed by atoms with E-state index in [1.54, 1.807) is 24.3 Å². The first-order valence-corrected chi connectivity index (χ1v) is 8.10. The van der Waals surface area contributed by atoms with E-state index in [4.69, 9.17) is 28.6 Å². The molecule has 2 N–H and O–H groups in total. The molecule has 0 radical (unpaired) electrons. The minimum absolute atomic E-state index is 0.0154. The standard InChI is InChI=1S/C18H12ClN3O2S/c19-15-4-2-1-3-12(15)10-24-13-7-5-11(6-8-13)16-14(9-20)17(23)22-18(25)21-16/h1-8H,10H2,(H2,21,22,23,25). The summed E-state index contributed by atoms with van der Waals surface area (Å²) in [7, 11) is 0. The average molecular weight is 370 g/mol. The number of rotatable bonds is 4. The van der Waals surface area contributed by atoms with Gasteiger partial charge in [0.25, 0.3) is 5.56 Å². The van der Waals surface area contributed by atoms with Crippen LogP contribution in [0, 0.1) is 16.1 Å². The molecule has 0 spiro atoms. The van der Waals surface area contributed by atoms with E-state index in [9.17, 15) is 10.1 Å². The van der Waals surface area contributed by atoms with E-state index in [0.29, 0.717) is 28.6 Å². The van der Waals surface area contributed by atoms with Gasteiger partial charge in [0.05, 0.1) is 5.69 Å². The smallest absolute Gasteiger partial charge is 0.270 e. The second-order valence-electron chi connectivity index (χ2n) is 5.17. The predicted octanol–water partition coefficient (Wildman–Crippen LogP) is 4.20. The third kappa shape index (κ3) is 3.79. The molecule has 0 fully saturated rings. The fourth-order valence-electron chi connectivity index (χ4n) is 2.30.